The first kappa shape index (κ1) is 12.8. The van der Waals surface area contributed by atoms with Crippen LogP contribution in [-0.2, 0) is 0 Å². The molecule has 0 radical (unpaired) electrons. The Labute approximate surface area is 128 Å². The van der Waals surface area contributed by atoms with Gasteiger partial charge in [-0.3, -0.25) is 10.1 Å². The topological polar surface area (TPSA) is 96.7 Å². The molecule has 7 nitrogen and oxygen atoms in total. The maximum atomic E-state index is 11.9. The molecular formula is C14H8ClN5O2. The van der Waals surface area contributed by atoms with Crippen LogP contribution in [0.1, 0.15) is 10.6 Å². The van der Waals surface area contributed by atoms with Crippen molar-refractivity contribution >= 4 is 45.5 Å². The fraction of sp³-hybridized carbons (Fsp3) is 0. The summed E-state index contributed by atoms with van der Waals surface area (Å²) in [6.45, 7) is 0. The zero-order chi connectivity index (χ0) is 15.1. The molecule has 22 heavy (non-hydrogen) atoms. The quantitative estimate of drug-likeness (QED) is 0.593. The van der Waals surface area contributed by atoms with Crippen LogP contribution in [0.3, 0.4) is 0 Å². The first-order valence-electron chi connectivity index (χ1n) is 6.37. The predicted octanol–water partition coefficient (Wildman–Crippen LogP) is 3.00. The van der Waals surface area contributed by atoms with E-state index in [1.807, 2.05) is 6.07 Å². The predicted molar refractivity (Wildman–Crippen MR) is 80.9 cm³/mol. The number of nitrogens with zero attached hydrogens (tertiary/aromatic N) is 3. The molecule has 4 aromatic rings. The van der Waals surface area contributed by atoms with Gasteiger partial charge in [-0.25, -0.2) is 0 Å². The molecule has 8 heteroatoms. The van der Waals surface area contributed by atoms with Crippen LogP contribution in [0.4, 0.5) is 5.95 Å². The summed E-state index contributed by atoms with van der Waals surface area (Å²) < 4.78 is 5.01. The minimum absolute atomic E-state index is 0.0894. The van der Waals surface area contributed by atoms with E-state index in [2.05, 4.69) is 25.5 Å². The highest BCUT2D eigenvalue weighted by molar-refractivity contribution is 6.31. The molecule has 1 amide bonds. The Morgan fingerprint density at radius 1 is 1.27 bits per heavy atom. The average molecular weight is 314 g/mol. The normalized spacial score (nSPS) is 11.1. The van der Waals surface area contributed by atoms with Crippen molar-refractivity contribution in [2.24, 2.45) is 0 Å². The van der Waals surface area contributed by atoms with Crippen LogP contribution in [-0.4, -0.2) is 26.1 Å². The first-order valence-corrected chi connectivity index (χ1v) is 6.75. The monoisotopic (exact) mass is 313 g/mol. The van der Waals surface area contributed by atoms with Crippen LogP contribution in [0.5, 0.6) is 0 Å². The summed E-state index contributed by atoms with van der Waals surface area (Å²) in [6.07, 6.45) is 1.42. The zero-order valence-electron chi connectivity index (χ0n) is 11.0. The summed E-state index contributed by atoms with van der Waals surface area (Å²) in [5.74, 6) is -0.177. The van der Waals surface area contributed by atoms with Crippen molar-refractivity contribution in [3.05, 3.63) is 47.4 Å². The van der Waals surface area contributed by atoms with Gasteiger partial charge in [0.05, 0.1) is 6.26 Å². The molecule has 4 rings (SSSR count). The Morgan fingerprint density at radius 2 is 2.18 bits per heavy atom. The third-order valence-corrected chi connectivity index (χ3v) is 3.38. The van der Waals surface area contributed by atoms with Gasteiger partial charge < -0.3 is 9.40 Å². The van der Waals surface area contributed by atoms with Crippen molar-refractivity contribution in [1.82, 2.24) is 20.2 Å². The standard InChI is InChI=1S/C14H8ClN5O2/c15-7-3-4-9-8(6-7)11-12(16-9)17-14(20-19-11)18-13(21)10-2-1-5-22-10/h1-6H,(H2,16,17,18,20,21). The molecule has 0 atom stereocenters. The molecule has 0 unspecified atom stereocenters. The number of benzene rings is 1. The molecule has 0 saturated carbocycles. The number of carbonyl (C=O) groups excluding carboxylic acids is 1. The number of anilines is 1. The fourth-order valence-electron chi connectivity index (χ4n) is 2.17. The smallest absolute Gasteiger partial charge is 0.293 e. The van der Waals surface area contributed by atoms with E-state index in [1.54, 1.807) is 24.3 Å². The van der Waals surface area contributed by atoms with Gasteiger partial charge in [-0.2, -0.15) is 4.98 Å². The second-order valence-corrected chi connectivity index (χ2v) is 5.02. The molecule has 2 N–H and O–H groups in total. The largest absolute Gasteiger partial charge is 0.459 e. The lowest BCUT2D eigenvalue weighted by Crippen LogP contribution is -2.13. The van der Waals surface area contributed by atoms with Crippen molar-refractivity contribution in [1.29, 1.82) is 0 Å². The highest BCUT2D eigenvalue weighted by Gasteiger charge is 2.13. The van der Waals surface area contributed by atoms with Gasteiger partial charge in [-0.1, -0.05) is 11.6 Å². The number of hydrogen-bond donors (Lipinski definition) is 2. The van der Waals surface area contributed by atoms with E-state index in [-0.39, 0.29) is 11.7 Å². The van der Waals surface area contributed by atoms with Gasteiger partial charge in [0.15, 0.2) is 11.4 Å². The van der Waals surface area contributed by atoms with Gasteiger partial charge in [-0.05, 0) is 30.3 Å². The number of nitrogens with one attached hydrogen (secondary N) is 2. The number of amides is 1. The van der Waals surface area contributed by atoms with E-state index in [1.165, 1.54) is 6.26 Å². The fourth-order valence-corrected chi connectivity index (χ4v) is 2.34. The molecule has 0 aliphatic rings. The van der Waals surface area contributed by atoms with E-state index in [9.17, 15) is 4.79 Å². The van der Waals surface area contributed by atoms with Gasteiger partial charge in [0, 0.05) is 15.9 Å². The number of carbonyl (C=O) groups is 1. The Hall–Kier alpha value is -2.93. The Bertz CT molecular complexity index is 993. The van der Waals surface area contributed by atoms with Crippen molar-refractivity contribution in [3.8, 4) is 0 Å². The number of fused-ring (bicyclic) bond motifs is 3. The average Bonchev–Trinajstić information content (AvgIpc) is 3.14. The van der Waals surface area contributed by atoms with Crippen molar-refractivity contribution < 1.29 is 9.21 Å². The van der Waals surface area contributed by atoms with E-state index in [0.717, 1.165) is 10.9 Å². The third kappa shape index (κ3) is 2.08. The molecular weight excluding hydrogens is 306 g/mol. The molecule has 0 bridgehead atoms. The lowest BCUT2D eigenvalue weighted by molar-refractivity contribution is 0.0995. The third-order valence-electron chi connectivity index (χ3n) is 3.15. The van der Waals surface area contributed by atoms with E-state index < -0.39 is 5.91 Å². The molecule has 3 heterocycles. The van der Waals surface area contributed by atoms with Crippen molar-refractivity contribution in [2.45, 2.75) is 0 Å². The van der Waals surface area contributed by atoms with E-state index in [0.29, 0.717) is 16.2 Å². The highest BCUT2D eigenvalue weighted by atomic mass is 35.5. The Balaban J connectivity index is 1.74. The van der Waals surface area contributed by atoms with Gasteiger partial charge in [0.1, 0.15) is 5.52 Å². The lowest BCUT2D eigenvalue weighted by Gasteiger charge is -1.99. The zero-order valence-corrected chi connectivity index (χ0v) is 11.8. The number of rotatable bonds is 2. The van der Waals surface area contributed by atoms with Crippen LogP contribution in [0.25, 0.3) is 22.1 Å². The summed E-state index contributed by atoms with van der Waals surface area (Å²) in [5, 5.41) is 12.0. The van der Waals surface area contributed by atoms with Gasteiger partial charge in [0.25, 0.3) is 11.9 Å². The van der Waals surface area contributed by atoms with Crippen LogP contribution >= 0.6 is 11.6 Å². The number of halogens is 1. The molecule has 1 aromatic carbocycles. The first-order chi connectivity index (χ1) is 10.7. The van der Waals surface area contributed by atoms with E-state index >= 15 is 0 Å². The maximum absolute atomic E-state index is 11.9. The van der Waals surface area contributed by atoms with Crippen molar-refractivity contribution in [3.63, 3.8) is 0 Å². The molecule has 0 spiro atoms. The number of furan rings is 1. The molecule has 0 aliphatic carbocycles. The Kier molecular flexibility index (Phi) is 2.80. The second-order valence-electron chi connectivity index (χ2n) is 4.58. The SMILES string of the molecule is O=C(Nc1nnc2c(n1)[nH]c1ccc(Cl)cc12)c1ccco1. The minimum atomic E-state index is -0.440. The van der Waals surface area contributed by atoms with Crippen LogP contribution in [0, 0.1) is 0 Å². The maximum Gasteiger partial charge on any atom is 0.293 e. The molecule has 0 aliphatic heterocycles. The summed E-state index contributed by atoms with van der Waals surface area (Å²) in [7, 11) is 0. The van der Waals surface area contributed by atoms with Crippen molar-refractivity contribution in [2.75, 3.05) is 5.32 Å². The molecule has 0 saturated heterocycles. The van der Waals surface area contributed by atoms with E-state index in [4.69, 9.17) is 16.0 Å². The number of aromatic amines is 1. The Morgan fingerprint density at radius 3 is 3.00 bits per heavy atom. The summed E-state index contributed by atoms with van der Waals surface area (Å²) in [6, 6.07) is 8.56. The molecule has 3 aromatic heterocycles. The van der Waals surface area contributed by atoms with Crippen LogP contribution < -0.4 is 5.32 Å². The molecule has 108 valence electrons. The van der Waals surface area contributed by atoms with Gasteiger partial charge in [0.2, 0.25) is 0 Å². The highest BCUT2D eigenvalue weighted by Crippen LogP contribution is 2.25. The van der Waals surface area contributed by atoms with Gasteiger partial charge in [-0.15, -0.1) is 10.2 Å². The summed E-state index contributed by atoms with van der Waals surface area (Å²) >= 11 is 5.98. The summed E-state index contributed by atoms with van der Waals surface area (Å²) in [4.78, 5) is 19.2. The minimum Gasteiger partial charge on any atom is -0.459 e. The van der Waals surface area contributed by atoms with Gasteiger partial charge >= 0.3 is 0 Å². The number of hydrogen-bond acceptors (Lipinski definition) is 5. The van der Waals surface area contributed by atoms with Crippen LogP contribution in [0.2, 0.25) is 5.02 Å². The summed E-state index contributed by atoms with van der Waals surface area (Å²) in [5.41, 5.74) is 1.95. The lowest BCUT2D eigenvalue weighted by atomic mass is 10.2. The second kappa shape index (κ2) is 4.81. The van der Waals surface area contributed by atoms with Crippen LogP contribution in [0.15, 0.2) is 41.0 Å². The number of H-pyrrole nitrogens is 1. The number of aromatic nitrogens is 4. The molecule has 0 fully saturated rings.